The number of benzene rings is 3. The topological polar surface area (TPSA) is 86.8 Å². The van der Waals surface area contributed by atoms with Crippen LogP contribution >= 0.6 is 23.2 Å². The number of amides is 2. The van der Waals surface area contributed by atoms with Gasteiger partial charge in [0.25, 0.3) is 0 Å². The molecule has 0 bridgehead atoms. The van der Waals surface area contributed by atoms with Crippen LogP contribution in [0.3, 0.4) is 0 Å². The lowest BCUT2D eigenvalue weighted by molar-refractivity contribution is -0.140. The van der Waals surface area contributed by atoms with Crippen LogP contribution in [0.25, 0.3) is 0 Å². The van der Waals surface area contributed by atoms with Crippen LogP contribution in [0.1, 0.15) is 30.5 Å². The Hall–Kier alpha value is -3.07. The zero-order chi connectivity index (χ0) is 28.7. The zero-order valence-corrected chi connectivity index (χ0v) is 24.7. The highest BCUT2D eigenvalue weighted by molar-refractivity contribution is 7.92. The molecule has 0 heterocycles. The summed E-state index contributed by atoms with van der Waals surface area (Å²) in [6.45, 7) is 4.91. The highest BCUT2D eigenvalue weighted by Gasteiger charge is 2.33. The molecule has 1 N–H and O–H groups in total. The van der Waals surface area contributed by atoms with Crippen LogP contribution in [0.2, 0.25) is 10.0 Å². The van der Waals surface area contributed by atoms with E-state index in [2.05, 4.69) is 5.32 Å². The molecule has 39 heavy (non-hydrogen) atoms. The van der Waals surface area contributed by atoms with Crippen molar-refractivity contribution in [3.8, 4) is 0 Å². The van der Waals surface area contributed by atoms with Crippen molar-refractivity contribution in [1.82, 2.24) is 10.2 Å². The molecule has 0 radical (unpaired) electrons. The molecule has 208 valence electrons. The van der Waals surface area contributed by atoms with Crippen LogP contribution in [0.4, 0.5) is 5.69 Å². The molecule has 0 saturated heterocycles. The third-order valence-corrected chi connectivity index (χ3v) is 7.90. The number of carbonyl (C=O) groups excluding carboxylic acids is 2. The predicted octanol–water partition coefficient (Wildman–Crippen LogP) is 5.23. The molecule has 0 aliphatic rings. The summed E-state index contributed by atoms with van der Waals surface area (Å²) >= 11 is 12.5. The van der Waals surface area contributed by atoms with Gasteiger partial charge in [-0.3, -0.25) is 13.9 Å². The summed E-state index contributed by atoms with van der Waals surface area (Å²) in [4.78, 5) is 29.0. The van der Waals surface area contributed by atoms with Gasteiger partial charge < -0.3 is 10.2 Å². The number of halogens is 2. The van der Waals surface area contributed by atoms with Crippen molar-refractivity contribution in [1.29, 1.82) is 0 Å². The Labute approximate surface area is 240 Å². The van der Waals surface area contributed by atoms with Gasteiger partial charge in [0.1, 0.15) is 12.6 Å². The van der Waals surface area contributed by atoms with E-state index in [0.29, 0.717) is 26.9 Å². The first kappa shape index (κ1) is 30.5. The Balaban J connectivity index is 2.08. The van der Waals surface area contributed by atoms with Crippen LogP contribution in [0, 0.1) is 6.92 Å². The fourth-order valence-corrected chi connectivity index (χ4v) is 5.51. The van der Waals surface area contributed by atoms with Gasteiger partial charge in [-0.25, -0.2) is 8.42 Å². The minimum absolute atomic E-state index is 0.0501. The molecule has 3 aromatic carbocycles. The molecule has 3 rings (SSSR count). The molecular weight excluding hydrogens is 557 g/mol. The van der Waals surface area contributed by atoms with E-state index in [0.717, 1.165) is 16.1 Å². The molecule has 2 amide bonds. The monoisotopic (exact) mass is 589 g/mol. The van der Waals surface area contributed by atoms with Crippen molar-refractivity contribution >= 4 is 50.7 Å². The summed E-state index contributed by atoms with van der Waals surface area (Å²) in [6, 6.07) is 20.2. The average molecular weight is 591 g/mol. The van der Waals surface area contributed by atoms with Crippen molar-refractivity contribution in [3.05, 3.63) is 99.5 Å². The SMILES string of the molecule is Cc1c(Cl)cccc1N(CC(=O)N(Cc1cccc(Cl)c1)[C@@H](Cc1ccccc1)C(=O)NC(C)C)S(C)(=O)=O. The molecule has 0 fully saturated rings. The normalized spacial score (nSPS) is 12.2. The summed E-state index contributed by atoms with van der Waals surface area (Å²) in [5.74, 6) is -0.881. The maximum atomic E-state index is 14.1. The predicted molar refractivity (Wildman–Crippen MR) is 158 cm³/mol. The second-order valence-electron chi connectivity index (χ2n) is 9.67. The summed E-state index contributed by atoms with van der Waals surface area (Å²) < 4.78 is 26.9. The molecule has 0 saturated carbocycles. The lowest BCUT2D eigenvalue weighted by Gasteiger charge is -2.34. The van der Waals surface area contributed by atoms with E-state index in [1.165, 1.54) is 4.90 Å². The van der Waals surface area contributed by atoms with Crippen molar-refractivity contribution < 1.29 is 18.0 Å². The van der Waals surface area contributed by atoms with Crippen LogP contribution in [-0.2, 0) is 32.6 Å². The van der Waals surface area contributed by atoms with Gasteiger partial charge in [0, 0.05) is 29.1 Å². The minimum atomic E-state index is -3.88. The summed E-state index contributed by atoms with van der Waals surface area (Å²) in [6.07, 6.45) is 1.27. The lowest BCUT2D eigenvalue weighted by Crippen LogP contribution is -2.54. The number of rotatable bonds is 11. The molecule has 7 nitrogen and oxygen atoms in total. The Morgan fingerprint density at radius 3 is 2.18 bits per heavy atom. The smallest absolute Gasteiger partial charge is 0.244 e. The van der Waals surface area contributed by atoms with E-state index in [-0.39, 0.29) is 24.9 Å². The molecule has 0 aliphatic carbocycles. The van der Waals surface area contributed by atoms with Crippen molar-refractivity contribution in [2.75, 3.05) is 17.1 Å². The molecule has 0 unspecified atom stereocenters. The third-order valence-electron chi connectivity index (χ3n) is 6.13. The van der Waals surface area contributed by atoms with E-state index in [4.69, 9.17) is 23.2 Å². The average Bonchev–Trinajstić information content (AvgIpc) is 2.86. The second kappa shape index (κ2) is 13.3. The first-order valence-electron chi connectivity index (χ1n) is 12.5. The molecule has 3 aromatic rings. The van der Waals surface area contributed by atoms with Gasteiger partial charge in [-0.1, -0.05) is 71.7 Å². The first-order chi connectivity index (χ1) is 18.4. The lowest BCUT2D eigenvalue weighted by atomic mass is 10.0. The van der Waals surface area contributed by atoms with Gasteiger partial charge in [-0.2, -0.15) is 0 Å². The molecule has 1 atom stereocenters. The van der Waals surface area contributed by atoms with Gasteiger partial charge in [-0.15, -0.1) is 0 Å². The van der Waals surface area contributed by atoms with E-state index < -0.39 is 28.5 Å². The highest BCUT2D eigenvalue weighted by Crippen LogP contribution is 2.29. The largest absolute Gasteiger partial charge is 0.352 e. The minimum Gasteiger partial charge on any atom is -0.352 e. The van der Waals surface area contributed by atoms with E-state index in [1.807, 2.05) is 50.2 Å². The number of sulfonamides is 1. The molecular formula is C29H33Cl2N3O4S. The number of hydrogen-bond donors (Lipinski definition) is 1. The fraction of sp³-hybridized carbons (Fsp3) is 0.310. The molecule has 0 spiro atoms. The van der Waals surface area contributed by atoms with Crippen molar-refractivity contribution in [3.63, 3.8) is 0 Å². The zero-order valence-electron chi connectivity index (χ0n) is 22.4. The molecule has 0 aromatic heterocycles. The van der Waals surface area contributed by atoms with Gasteiger partial charge in [-0.05, 0) is 61.7 Å². The maximum Gasteiger partial charge on any atom is 0.244 e. The number of anilines is 1. The molecule has 0 aliphatic heterocycles. The van der Waals surface area contributed by atoms with Gasteiger partial charge in [0.05, 0.1) is 11.9 Å². The Bertz CT molecular complexity index is 1420. The maximum absolute atomic E-state index is 14.1. The molecule has 10 heteroatoms. The van der Waals surface area contributed by atoms with Crippen LogP contribution in [0.15, 0.2) is 72.8 Å². The summed E-state index contributed by atoms with van der Waals surface area (Å²) in [5, 5.41) is 3.78. The number of nitrogens with one attached hydrogen (secondary N) is 1. The number of carbonyl (C=O) groups is 2. The van der Waals surface area contributed by atoms with Crippen molar-refractivity contribution in [2.45, 2.75) is 45.8 Å². The van der Waals surface area contributed by atoms with Gasteiger partial charge in [0.2, 0.25) is 21.8 Å². The highest BCUT2D eigenvalue weighted by atomic mass is 35.5. The van der Waals surface area contributed by atoms with E-state index in [9.17, 15) is 18.0 Å². The quantitative estimate of drug-likeness (QED) is 0.331. The van der Waals surface area contributed by atoms with E-state index >= 15 is 0 Å². The standard InChI is InChI=1S/C29H33Cl2N3O4S/c1-20(2)32-29(36)27(17-22-10-6-5-7-11-22)33(18-23-12-8-13-24(30)16-23)28(35)19-34(39(4,37)38)26-15-9-14-25(31)21(26)3/h5-16,20,27H,17-19H2,1-4H3,(H,32,36)/t27-/m0/s1. The number of hydrogen-bond acceptors (Lipinski definition) is 4. The van der Waals surface area contributed by atoms with Crippen LogP contribution in [0.5, 0.6) is 0 Å². The third kappa shape index (κ3) is 8.46. The second-order valence-corrected chi connectivity index (χ2v) is 12.4. The number of nitrogens with zero attached hydrogens (tertiary/aromatic N) is 2. The van der Waals surface area contributed by atoms with Crippen LogP contribution < -0.4 is 9.62 Å². The van der Waals surface area contributed by atoms with Crippen LogP contribution in [-0.4, -0.2) is 50.0 Å². The van der Waals surface area contributed by atoms with Crippen molar-refractivity contribution in [2.24, 2.45) is 0 Å². The first-order valence-corrected chi connectivity index (χ1v) is 15.1. The van der Waals surface area contributed by atoms with Gasteiger partial charge in [0.15, 0.2) is 0 Å². The fourth-order valence-electron chi connectivity index (χ4n) is 4.23. The Kier molecular flexibility index (Phi) is 10.4. The summed E-state index contributed by atoms with van der Waals surface area (Å²) in [5.41, 5.74) is 2.39. The van der Waals surface area contributed by atoms with Gasteiger partial charge >= 0.3 is 0 Å². The Morgan fingerprint density at radius 1 is 0.923 bits per heavy atom. The Morgan fingerprint density at radius 2 is 1.56 bits per heavy atom. The summed E-state index contributed by atoms with van der Waals surface area (Å²) in [7, 11) is -3.88. The van der Waals surface area contributed by atoms with E-state index in [1.54, 1.807) is 43.3 Å².